The Labute approximate surface area is 96.0 Å². The fraction of sp³-hybridized carbons (Fsp3) is 0.417. The highest BCUT2D eigenvalue weighted by Crippen LogP contribution is 2.07. The van der Waals surface area contributed by atoms with E-state index in [0.29, 0.717) is 25.3 Å². The quantitative estimate of drug-likeness (QED) is 0.754. The van der Waals surface area contributed by atoms with Crippen LogP contribution in [0.2, 0.25) is 0 Å². The van der Waals surface area contributed by atoms with Gasteiger partial charge in [-0.3, -0.25) is 4.79 Å². The zero-order valence-electron chi connectivity index (χ0n) is 9.77. The van der Waals surface area contributed by atoms with Crippen LogP contribution < -0.4 is 5.73 Å². The summed E-state index contributed by atoms with van der Waals surface area (Å²) in [5.41, 5.74) is 7.26. The Hall–Kier alpha value is -1.55. The number of ether oxygens (including phenoxy) is 1. The first-order valence-corrected chi connectivity index (χ1v) is 5.21. The Balaban J connectivity index is 2.47. The monoisotopic (exact) mass is 222 g/mol. The van der Waals surface area contributed by atoms with Gasteiger partial charge in [-0.2, -0.15) is 0 Å². The van der Waals surface area contributed by atoms with Crippen LogP contribution in [0.3, 0.4) is 0 Å². The maximum Gasteiger partial charge on any atom is 0.226 e. The number of anilines is 1. The van der Waals surface area contributed by atoms with Crippen molar-refractivity contribution in [3.63, 3.8) is 0 Å². The number of rotatable bonds is 5. The van der Waals surface area contributed by atoms with E-state index in [1.165, 1.54) is 0 Å². The molecule has 0 spiro atoms. The highest BCUT2D eigenvalue weighted by atomic mass is 16.5. The molecule has 0 radical (unpaired) electrons. The summed E-state index contributed by atoms with van der Waals surface area (Å²) in [4.78, 5) is 13.4. The fourth-order valence-corrected chi connectivity index (χ4v) is 1.30. The van der Waals surface area contributed by atoms with Gasteiger partial charge in [-0.1, -0.05) is 12.1 Å². The molecule has 4 heteroatoms. The summed E-state index contributed by atoms with van der Waals surface area (Å²) >= 11 is 0. The minimum absolute atomic E-state index is 0.0850. The zero-order chi connectivity index (χ0) is 12.0. The molecule has 4 nitrogen and oxygen atoms in total. The lowest BCUT2D eigenvalue weighted by Gasteiger charge is -2.16. The van der Waals surface area contributed by atoms with E-state index >= 15 is 0 Å². The first-order valence-electron chi connectivity index (χ1n) is 5.21. The lowest BCUT2D eigenvalue weighted by molar-refractivity contribution is -0.129. The van der Waals surface area contributed by atoms with Crippen molar-refractivity contribution in [1.82, 2.24) is 4.90 Å². The van der Waals surface area contributed by atoms with E-state index in [4.69, 9.17) is 10.5 Å². The van der Waals surface area contributed by atoms with Crippen LogP contribution in [0.5, 0.6) is 0 Å². The van der Waals surface area contributed by atoms with Gasteiger partial charge >= 0.3 is 0 Å². The summed E-state index contributed by atoms with van der Waals surface area (Å²) in [6.07, 6.45) is 0.403. The molecule has 2 N–H and O–H groups in total. The highest BCUT2D eigenvalue weighted by molar-refractivity contribution is 5.78. The van der Waals surface area contributed by atoms with Gasteiger partial charge in [0.2, 0.25) is 5.91 Å². The molecule has 1 amide bonds. The van der Waals surface area contributed by atoms with Crippen LogP contribution in [0.25, 0.3) is 0 Å². The van der Waals surface area contributed by atoms with Crippen molar-refractivity contribution < 1.29 is 9.53 Å². The maximum atomic E-state index is 11.7. The molecule has 0 fully saturated rings. The molecule has 16 heavy (non-hydrogen) atoms. The average Bonchev–Trinajstić information content (AvgIpc) is 2.29. The van der Waals surface area contributed by atoms with Gasteiger partial charge in [0, 0.05) is 26.4 Å². The smallest absolute Gasteiger partial charge is 0.226 e. The van der Waals surface area contributed by atoms with Crippen molar-refractivity contribution >= 4 is 11.6 Å². The molecule has 0 saturated carbocycles. The molecule has 0 atom stereocenters. The molecular formula is C12H18N2O2. The Morgan fingerprint density at radius 1 is 1.38 bits per heavy atom. The van der Waals surface area contributed by atoms with E-state index in [9.17, 15) is 4.79 Å². The third-order valence-corrected chi connectivity index (χ3v) is 2.39. The second-order valence-electron chi connectivity index (χ2n) is 3.73. The normalized spacial score (nSPS) is 10.1. The van der Waals surface area contributed by atoms with Crippen molar-refractivity contribution in [2.75, 3.05) is 33.0 Å². The fourth-order valence-electron chi connectivity index (χ4n) is 1.30. The second-order valence-corrected chi connectivity index (χ2v) is 3.73. The number of nitrogen functional groups attached to an aromatic ring is 1. The Morgan fingerprint density at radius 3 is 2.56 bits per heavy atom. The molecule has 0 aliphatic rings. The van der Waals surface area contributed by atoms with Gasteiger partial charge in [0.05, 0.1) is 13.0 Å². The molecule has 0 heterocycles. The predicted octanol–water partition coefficient (Wildman–Crippen LogP) is 0.916. The van der Waals surface area contributed by atoms with Gasteiger partial charge in [0.25, 0.3) is 0 Å². The number of hydrogen-bond donors (Lipinski definition) is 1. The molecule has 0 aromatic heterocycles. The van der Waals surface area contributed by atoms with Crippen LogP contribution in [-0.2, 0) is 16.0 Å². The third-order valence-electron chi connectivity index (χ3n) is 2.39. The summed E-state index contributed by atoms with van der Waals surface area (Å²) in [7, 11) is 3.40. The molecule has 0 aliphatic carbocycles. The minimum Gasteiger partial charge on any atom is -0.399 e. The Bertz CT molecular complexity index is 335. The van der Waals surface area contributed by atoms with Crippen molar-refractivity contribution in [3.05, 3.63) is 29.8 Å². The van der Waals surface area contributed by atoms with Crippen LogP contribution in [0.15, 0.2) is 24.3 Å². The van der Waals surface area contributed by atoms with Crippen LogP contribution in [-0.4, -0.2) is 38.1 Å². The van der Waals surface area contributed by atoms with E-state index < -0.39 is 0 Å². The number of nitrogens with zero attached hydrogens (tertiary/aromatic N) is 1. The first kappa shape index (κ1) is 12.5. The Kier molecular flexibility index (Phi) is 4.79. The lowest BCUT2D eigenvalue weighted by Crippen LogP contribution is -2.31. The minimum atomic E-state index is 0.0850. The summed E-state index contributed by atoms with van der Waals surface area (Å²) in [6, 6.07) is 7.35. The number of carbonyl (C=O) groups excluding carboxylic acids is 1. The molecule has 0 aliphatic heterocycles. The van der Waals surface area contributed by atoms with Gasteiger partial charge in [-0.25, -0.2) is 0 Å². The number of nitrogens with two attached hydrogens (primary N) is 1. The summed E-state index contributed by atoms with van der Waals surface area (Å²) in [6.45, 7) is 1.17. The zero-order valence-corrected chi connectivity index (χ0v) is 9.77. The topological polar surface area (TPSA) is 55.6 Å². The number of methoxy groups -OCH3 is 1. The van der Waals surface area contributed by atoms with E-state index in [0.717, 1.165) is 5.56 Å². The molecular weight excluding hydrogens is 204 g/mol. The third kappa shape index (κ3) is 3.90. The van der Waals surface area contributed by atoms with Gasteiger partial charge in [0.1, 0.15) is 0 Å². The molecule has 1 rings (SSSR count). The summed E-state index contributed by atoms with van der Waals surface area (Å²) < 4.78 is 4.92. The molecule has 0 bridgehead atoms. The molecule has 1 aromatic carbocycles. The van der Waals surface area contributed by atoms with Crippen LogP contribution in [0.1, 0.15) is 5.56 Å². The molecule has 88 valence electrons. The summed E-state index contributed by atoms with van der Waals surface area (Å²) in [5.74, 6) is 0.0850. The molecule has 1 aromatic rings. The molecule has 0 unspecified atom stereocenters. The Morgan fingerprint density at radius 2 is 2.00 bits per heavy atom. The number of benzene rings is 1. The van der Waals surface area contributed by atoms with Crippen molar-refractivity contribution in [2.45, 2.75) is 6.42 Å². The van der Waals surface area contributed by atoms with Gasteiger partial charge in [0.15, 0.2) is 0 Å². The predicted molar refractivity (Wildman–Crippen MR) is 64.1 cm³/mol. The van der Waals surface area contributed by atoms with Crippen LogP contribution in [0, 0.1) is 0 Å². The van der Waals surface area contributed by atoms with Crippen molar-refractivity contribution in [3.8, 4) is 0 Å². The largest absolute Gasteiger partial charge is 0.399 e. The van der Waals surface area contributed by atoms with Crippen LogP contribution in [0.4, 0.5) is 5.69 Å². The summed E-state index contributed by atoms with van der Waals surface area (Å²) in [5, 5.41) is 0. The standard InChI is InChI=1S/C12H18N2O2/c1-14(7-8-16-2)12(15)9-10-3-5-11(13)6-4-10/h3-6H,7-9,13H2,1-2H3. The number of likely N-dealkylation sites (N-methyl/N-ethyl adjacent to an activating group) is 1. The van der Waals surface area contributed by atoms with Gasteiger partial charge < -0.3 is 15.4 Å². The maximum absolute atomic E-state index is 11.7. The van der Waals surface area contributed by atoms with Crippen molar-refractivity contribution in [1.29, 1.82) is 0 Å². The van der Waals surface area contributed by atoms with Crippen LogP contribution >= 0.6 is 0 Å². The lowest BCUT2D eigenvalue weighted by atomic mass is 10.1. The number of hydrogen-bond acceptors (Lipinski definition) is 3. The second kappa shape index (κ2) is 6.12. The van der Waals surface area contributed by atoms with Gasteiger partial charge in [-0.15, -0.1) is 0 Å². The highest BCUT2D eigenvalue weighted by Gasteiger charge is 2.08. The number of amides is 1. The number of carbonyl (C=O) groups is 1. The van der Waals surface area contributed by atoms with E-state index in [2.05, 4.69) is 0 Å². The van der Waals surface area contributed by atoms with E-state index in [-0.39, 0.29) is 5.91 Å². The molecule has 0 saturated heterocycles. The average molecular weight is 222 g/mol. The van der Waals surface area contributed by atoms with Crippen molar-refractivity contribution in [2.24, 2.45) is 0 Å². The van der Waals surface area contributed by atoms with Gasteiger partial charge in [-0.05, 0) is 17.7 Å². The SMILES string of the molecule is COCCN(C)C(=O)Cc1ccc(N)cc1. The van der Waals surface area contributed by atoms with E-state index in [1.54, 1.807) is 31.2 Å². The van der Waals surface area contributed by atoms with E-state index in [1.807, 2.05) is 12.1 Å². The first-order chi connectivity index (χ1) is 7.63.